The van der Waals surface area contributed by atoms with Gasteiger partial charge in [0.25, 0.3) is 0 Å². The molecule has 2 N–H and O–H groups in total. The summed E-state index contributed by atoms with van der Waals surface area (Å²) < 4.78 is 1.97. The van der Waals surface area contributed by atoms with E-state index in [4.69, 9.17) is 16.6 Å². The van der Waals surface area contributed by atoms with Gasteiger partial charge in [-0.1, -0.05) is 35.9 Å². The van der Waals surface area contributed by atoms with Crippen LogP contribution in [0.1, 0.15) is 11.1 Å². The van der Waals surface area contributed by atoms with E-state index in [0.717, 1.165) is 44.4 Å². The molecule has 3 heterocycles. The van der Waals surface area contributed by atoms with Gasteiger partial charge in [-0.2, -0.15) is 0 Å². The predicted molar refractivity (Wildman–Crippen MR) is 141 cm³/mol. The maximum Gasteiger partial charge on any atom is 0.199 e. The van der Waals surface area contributed by atoms with Crippen molar-refractivity contribution in [3.63, 3.8) is 0 Å². The normalized spacial score (nSPS) is 12.0. The van der Waals surface area contributed by atoms with Crippen molar-refractivity contribution in [3.8, 4) is 17.3 Å². The minimum Gasteiger partial charge on any atom is -0.494 e. The largest absolute Gasteiger partial charge is 0.494 e. The molecule has 3 aromatic carbocycles. The highest BCUT2D eigenvalue weighted by atomic mass is 35.5. The van der Waals surface area contributed by atoms with E-state index in [1.807, 2.05) is 84.5 Å². The number of aromatic hydroxyl groups is 1. The molecule has 0 spiro atoms. The van der Waals surface area contributed by atoms with Gasteiger partial charge in [-0.25, -0.2) is 9.98 Å². The van der Waals surface area contributed by atoms with Gasteiger partial charge in [0.15, 0.2) is 5.88 Å². The van der Waals surface area contributed by atoms with E-state index in [1.165, 1.54) is 0 Å². The zero-order valence-corrected chi connectivity index (χ0v) is 19.5. The van der Waals surface area contributed by atoms with Crippen molar-refractivity contribution in [1.29, 1.82) is 0 Å². The molecule has 0 saturated carbocycles. The van der Waals surface area contributed by atoms with Gasteiger partial charge in [-0.3, -0.25) is 4.98 Å². The van der Waals surface area contributed by atoms with Crippen molar-refractivity contribution in [2.45, 2.75) is 0 Å². The topological polar surface area (TPSA) is 79.1 Å². The number of hydrogen-bond acceptors (Lipinski definition) is 4. The van der Waals surface area contributed by atoms with Crippen LogP contribution in [0.4, 0.5) is 5.69 Å². The molecule has 0 atom stereocenters. The monoisotopic (exact) mass is 477 g/mol. The highest BCUT2D eigenvalue weighted by molar-refractivity contribution is 6.31. The van der Waals surface area contributed by atoms with E-state index < -0.39 is 0 Å². The zero-order chi connectivity index (χ0) is 23.9. The average molecular weight is 478 g/mol. The van der Waals surface area contributed by atoms with Crippen LogP contribution in [0.3, 0.4) is 0 Å². The number of rotatable bonds is 4. The second kappa shape index (κ2) is 8.42. The average Bonchev–Trinajstić information content (AvgIpc) is 3.44. The van der Waals surface area contributed by atoms with Gasteiger partial charge < -0.3 is 14.7 Å². The lowest BCUT2D eigenvalue weighted by atomic mass is 9.99. The summed E-state index contributed by atoms with van der Waals surface area (Å²) in [6.45, 7) is 0. The second-order valence-corrected chi connectivity index (χ2v) is 8.75. The molecule has 0 fully saturated rings. The first-order valence-electron chi connectivity index (χ1n) is 11.1. The standard InChI is InChI=1S/C28H20ClN5O/c1-34-14-13-31-27(34)18-6-9-21(10-7-18)32-26(19-5-4-17-3-2-12-30-23(17)15-19)25-22-11-8-20(29)16-24(22)33-28(25)35/h2-16,33,35H,1H3. The summed E-state index contributed by atoms with van der Waals surface area (Å²) in [5.74, 6) is 0.916. The van der Waals surface area contributed by atoms with Crippen molar-refractivity contribution in [3.05, 3.63) is 108 Å². The number of halogens is 1. The molecule has 0 saturated heterocycles. The molecule has 0 unspecified atom stereocenters. The fourth-order valence-electron chi connectivity index (χ4n) is 4.33. The number of aliphatic imine (C=N–C) groups is 1. The Kier molecular flexibility index (Phi) is 5.08. The predicted octanol–water partition coefficient (Wildman–Crippen LogP) is 6.64. The van der Waals surface area contributed by atoms with E-state index in [9.17, 15) is 5.11 Å². The number of aromatic nitrogens is 4. The molecule has 170 valence electrons. The van der Waals surface area contributed by atoms with Gasteiger partial charge in [0.1, 0.15) is 5.82 Å². The van der Waals surface area contributed by atoms with Crippen molar-refractivity contribution in [2.75, 3.05) is 0 Å². The van der Waals surface area contributed by atoms with Crippen molar-refractivity contribution in [1.82, 2.24) is 19.5 Å². The Labute approximate surface area is 206 Å². The summed E-state index contributed by atoms with van der Waals surface area (Å²) in [5, 5.41) is 13.4. The first-order valence-corrected chi connectivity index (χ1v) is 11.5. The Bertz CT molecular complexity index is 1730. The number of H-pyrrole nitrogens is 1. The quantitative estimate of drug-likeness (QED) is 0.279. The first-order chi connectivity index (χ1) is 17.1. The maximum absolute atomic E-state index is 10.9. The molecule has 7 heteroatoms. The number of hydrogen-bond donors (Lipinski definition) is 2. The molecule has 0 aliphatic rings. The lowest BCUT2D eigenvalue weighted by Crippen LogP contribution is -2.03. The molecule has 35 heavy (non-hydrogen) atoms. The summed E-state index contributed by atoms with van der Waals surface area (Å²) in [7, 11) is 1.96. The SMILES string of the molecule is Cn1ccnc1-c1ccc(N=C(c2ccc3cccnc3c2)c2c(O)[nH]c3cc(Cl)ccc23)cc1. The smallest absolute Gasteiger partial charge is 0.199 e. The molecule has 0 bridgehead atoms. The molecular formula is C28H20ClN5O. The van der Waals surface area contributed by atoms with Crippen LogP contribution < -0.4 is 0 Å². The Hall–Kier alpha value is -4.42. The molecule has 6 nitrogen and oxygen atoms in total. The van der Waals surface area contributed by atoms with Gasteiger partial charge >= 0.3 is 0 Å². The number of nitrogens with zero attached hydrogens (tertiary/aromatic N) is 4. The number of aryl methyl sites for hydroxylation is 1. The summed E-state index contributed by atoms with van der Waals surface area (Å²) in [5.41, 5.74) is 5.43. The van der Waals surface area contributed by atoms with Gasteiger partial charge in [0.2, 0.25) is 0 Å². The van der Waals surface area contributed by atoms with Crippen molar-refractivity contribution in [2.24, 2.45) is 12.0 Å². The van der Waals surface area contributed by atoms with Gasteiger partial charge in [-0.15, -0.1) is 0 Å². The highest BCUT2D eigenvalue weighted by Crippen LogP contribution is 2.33. The second-order valence-electron chi connectivity index (χ2n) is 8.32. The van der Waals surface area contributed by atoms with Crippen LogP contribution in [0, 0.1) is 0 Å². The Morgan fingerprint density at radius 1 is 0.971 bits per heavy atom. The third-order valence-electron chi connectivity index (χ3n) is 6.04. The molecule has 3 aromatic heterocycles. The van der Waals surface area contributed by atoms with Crippen molar-refractivity contribution >= 4 is 44.8 Å². The number of imidazole rings is 1. The van der Waals surface area contributed by atoms with E-state index in [-0.39, 0.29) is 5.88 Å². The fourth-order valence-corrected chi connectivity index (χ4v) is 4.50. The molecule has 0 aliphatic carbocycles. The maximum atomic E-state index is 10.9. The number of nitrogens with one attached hydrogen (secondary N) is 1. The van der Waals surface area contributed by atoms with Crippen LogP contribution in [-0.4, -0.2) is 30.3 Å². The van der Waals surface area contributed by atoms with Crippen LogP contribution in [-0.2, 0) is 7.05 Å². The number of pyridine rings is 1. The zero-order valence-electron chi connectivity index (χ0n) is 18.8. The Balaban J connectivity index is 1.54. The number of benzene rings is 3. The van der Waals surface area contributed by atoms with Crippen LogP contribution >= 0.6 is 11.6 Å². The summed E-state index contributed by atoms with van der Waals surface area (Å²) in [6, 6.07) is 23.3. The Morgan fingerprint density at radius 2 is 1.83 bits per heavy atom. The third-order valence-corrected chi connectivity index (χ3v) is 6.28. The van der Waals surface area contributed by atoms with Crippen LogP contribution in [0.2, 0.25) is 5.02 Å². The van der Waals surface area contributed by atoms with E-state index in [1.54, 1.807) is 18.5 Å². The minimum absolute atomic E-state index is 0.0340. The molecule has 0 aliphatic heterocycles. The van der Waals surface area contributed by atoms with E-state index in [0.29, 0.717) is 16.3 Å². The third kappa shape index (κ3) is 3.84. The molecular weight excluding hydrogens is 458 g/mol. The lowest BCUT2D eigenvalue weighted by Gasteiger charge is -2.09. The molecule has 6 rings (SSSR count). The molecule has 6 aromatic rings. The molecule has 0 radical (unpaired) electrons. The Morgan fingerprint density at radius 3 is 2.63 bits per heavy atom. The van der Waals surface area contributed by atoms with Gasteiger partial charge in [0.05, 0.1) is 28.0 Å². The summed E-state index contributed by atoms with van der Waals surface area (Å²) in [6.07, 6.45) is 5.46. The highest BCUT2D eigenvalue weighted by Gasteiger charge is 2.19. The summed E-state index contributed by atoms with van der Waals surface area (Å²) >= 11 is 6.19. The van der Waals surface area contributed by atoms with Gasteiger partial charge in [0, 0.05) is 52.6 Å². The fraction of sp³-hybridized carbons (Fsp3) is 0.0357. The number of fused-ring (bicyclic) bond motifs is 2. The minimum atomic E-state index is 0.0340. The van der Waals surface area contributed by atoms with Crippen molar-refractivity contribution < 1.29 is 5.11 Å². The summed E-state index contributed by atoms with van der Waals surface area (Å²) in [4.78, 5) is 17.0. The van der Waals surface area contributed by atoms with E-state index in [2.05, 4.69) is 15.0 Å². The van der Waals surface area contributed by atoms with Crippen LogP contribution in [0.5, 0.6) is 5.88 Å². The van der Waals surface area contributed by atoms with Gasteiger partial charge in [-0.05, 0) is 48.5 Å². The van der Waals surface area contributed by atoms with Crippen LogP contribution in [0.25, 0.3) is 33.2 Å². The number of aromatic amines is 1. The lowest BCUT2D eigenvalue weighted by molar-refractivity contribution is 0.457. The first kappa shape index (κ1) is 21.1. The molecule has 0 amide bonds. The van der Waals surface area contributed by atoms with Crippen LogP contribution in [0.15, 0.2) is 96.4 Å². The van der Waals surface area contributed by atoms with E-state index >= 15 is 0 Å².